The molecule has 0 aromatic carbocycles. The van der Waals surface area contributed by atoms with Gasteiger partial charge in [0.15, 0.2) is 0 Å². The predicted molar refractivity (Wildman–Crippen MR) is 62.5 cm³/mol. The minimum Gasteiger partial charge on any atom is -0.462 e. The van der Waals surface area contributed by atoms with E-state index in [-0.39, 0.29) is 18.7 Å². The highest BCUT2D eigenvalue weighted by molar-refractivity contribution is 5.94. The molecule has 0 aromatic heterocycles. The number of rotatable bonds is 3. The maximum absolute atomic E-state index is 11.5. The van der Waals surface area contributed by atoms with Crippen LogP contribution in [-0.4, -0.2) is 43.3 Å². The van der Waals surface area contributed by atoms with Crippen molar-refractivity contribution in [1.82, 2.24) is 4.90 Å². The quantitative estimate of drug-likeness (QED) is 0.429. The van der Waals surface area contributed by atoms with Crippen LogP contribution in [0.4, 0.5) is 4.79 Å². The van der Waals surface area contributed by atoms with Gasteiger partial charge >= 0.3 is 12.1 Å². The molecule has 0 bridgehead atoms. The van der Waals surface area contributed by atoms with Crippen molar-refractivity contribution < 1.29 is 19.1 Å². The van der Waals surface area contributed by atoms with Gasteiger partial charge in [0.1, 0.15) is 11.6 Å². The van der Waals surface area contributed by atoms with E-state index in [1.54, 1.807) is 13.8 Å². The van der Waals surface area contributed by atoms with Gasteiger partial charge in [0, 0.05) is 13.1 Å². The first-order valence-electron chi connectivity index (χ1n) is 5.84. The van der Waals surface area contributed by atoms with Gasteiger partial charge in [-0.2, -0.15) is 5.26 Å². The fraction of sp³-hybridized carbons (Fsp3) is 0.583. The number of carbonyl (C=O) groups excluding carboxylic acids is 2. The Morgan fingerprint density at radius 1 is 1.33 bits per heavy atom. The number of carbonyl (C=O) groups is 2. The molecule has 18 heavy (non-hydrogen) atoms. The molecule has 1 amide bonds. The summed E-state index contributed by atoms with van der Waals surface area (Å²) < 4.78 is 9.66. The molecule has 1 saturated heterocycles. The molecule has 1 aliphatic heterocycles. The van der Waals surface area contributed by atoms with Gasteiger partial charge in [-0.3, -0.25) is 0 Å². The molecular formula is C12H16N2O4. The van der Waals surface area contributed by atoms with E-state index < -0.39 is 12.1 Å². The number of esters is 1. The third-order valence-corrected chi connectivity index (χ3v) is 2.54. The van der Waals surface area contributed by atoms with Crippen LogP contribution in [0.3, 0.4) is 0 Å². The van der Waals surface area contributed by atoms with E-state index in [1.807, 2.05) is 6.07 Å². The van der Waals surface area contributed by atoms with Crippen molar-refractivity contribution in [3.05, 3.63) is 11.1 Å². The summed E-state index contributed by atoms with van der Waals surface area (Å²) >= 11 is 0. The van der Waals surface area contributed by atoms with E-state index in [0.717, 1.165) is 0 Å². The Bertz CT molecular complexity index is 409. The van der Waals surface area contributed by atoms with Gasteiger partial charge in [0.25, 0.3) is 0 Å². The SMILES string of the molecule is CCOC(=O)/C(C#N)=C1/CCN(C(=O)OCC)C1. The molecule has 1 aliphatic rings. The van der Waals surface area contributed by atoms with Gasteiger partial charge in [-0.05, 0) is 25.8 Å². The van der Waals surface area contributed by atoms with E-state index in [4.69, 9.17) is 14.7 Å². The Balaban J connectivity index is 2.76. The molecule has 0 atom stereocenters. The Labute approximate surface area is 106 Å². The zero-order valence-corrected chi connectivity index (χ0v) is 10.6. The molecular weight excluding hydrogens is 236 g/mol. The highest BCUT2D eigenvalue weighted by Crippen LogP contribution is 2.20. The summed E-state index contributed by atoms with van der Waals surface area (Å²) in [4.78, 5) is 24.5. The number of amides is 1. The lowest BCUT2D eigenvalue weighted by Gasteiger charge is -2.13. The second kappa shape index (κ2) is 6.64. The zero-order valence-electron chi connectivity index (χ0n) is 10.6. The van der Waals surface area contributed by atoms with Crippen molar-refractivity contribution in [3.63, 3.8) is 0 Å². The van der Waals surface area contributed by atoms with Crippen LogP contribution in [-0.2, 0) is 14.3 Å². The van der Waals surface area contributed by atoms with Gasteiger partial charge in [0.05, 0.1) is 13.2 Å². The standard InChI is InChI=1S/C12H16N2O4/c1-3-17-11(15)10(7-13)9-5-6-14(8-9)12(16)18-4-2/h3-6,8H2,1-2H3/b10-9-. The summed E-state index contributed by atoms with van der Waals surface area (Å²) in [5, 5.41) is 8.97. The topological polar surface area (TPSA) is 79.6 Å². The summed E-state index contributed by atoms with van der Waals surface area (Å²) in [6.07, 6.45) is 0.0780. The van der Waals surface area contributed by atoms with Crippen molar-refractivity contribution in [2.45, 2.75) is 20.3 Å². The molecule has 1 rings (SSSR count). The Morgan fingerprint density at radius 2 is 2.00 bits per heavy atom. The van der Waals surface area contributed by atoms with Crippen LogP contribution >= 0.6 is 0 Å². The minimum absolute atomic E-state index is 0.00338. The van der Waals surface area contributed by atoms with Crippen LogP contribution in [0, 0.1) is 11.3 Å². The summed E-state index contributed by atoms with van der Waals surface area (Å²) in [5.74, 6) is -0.624. The molecule has 6 heteroatoms. The number of nitrogens with zero attached hydrogens (tertiary/aromatic N) is 2. The van der Waals surface area contributed by atoms with Gasteiger partial charge in [0.2, 0.25) is 0 Å². The molecule has 0 spiro atoms. The van der Waals surface area contributed by atoms with Crippen LogP contribution < -0.4 is 0 Å². The van der Waals surface area contributed by atoms with Gasteiger partial charge in [-0.1, -0.05) is 0 Å². The Hall–Kier alpha value is -2.03. The van der Waals surface area contributed by atoms with E-state index in [0.29, 0.717) is 25.1 Å². The summed E-state index contributed by atoms with van der Waals surface area (Å²) in [6.45, 7) is 4.64. The molecule has 0 radical (unpaired) electrons. The second-order valence-electron chi connectivity index (χ2n) is 3.68. The molecule has 0 aliphatic carbocycles. The monoisotopic (exact) mass is 252 g/mol. The minimum atomic E-state index is -0.624. The Morgan fingerprint density at radius 3 is 2.56 bits per heavy atom. The number of nitriles is 1. The Kier molecular flexibility index (Phi) is 5.18. The third kappa shape index (κ3) is 3.23. The average molecular weight is 252 g/mol. The zero-order chi connectivity index (χ0) is 13.5. The first-order chi connectivity index (χ1) is 8.63. The van der Waals surface area contributed by atoms with Crippen molar-refractivity contribution >= 4 is 12.1 Å². The number of likely N-dealkylation sites (tertiary alicyclic amines) is 1. The van der Waals surface area contributed by atoms with Gasteiger partial charge < -0.3 is 14.4 Å². The maximum atomic E-state index is 11.5. The normalized spacial score (nSPS) is 17.1. The molecule has 0 saturated carbocycles. The molecule has 0 unspecified atom stereocenters. The highest BCUT2D eigenvalue weighted by atomic mass is 16.6. The van der Waals surface area contributed by atoms with Crippen LogP contribution in [0.2, 0.25) is 0 Å². The first kappa shape index (κ1) is 14.0. The van der Waals surface area contributed by atoms with Crippen LogP contribution in [0.1, 0.15) is 20.3 Å². The fourth-order valence-electron chi connectivity index (χ4n) is 1.71. The number of ether oxygens (including phenoxy) is 2. The lowest BCUT2D eigenvalue weighted by Crippen LogP contribution is -2.28. The summed E-state index contributed by atoms with van der Waals surface area (Å²) in [5.41, 5.74) is 0.632. The van der Waals surface area contributed by atoms with E-state index in [9.17, 15) is 9.59 Å². The average Bonchev–Trinajstić information content (AvgIpc) is 2.80. The van der Waals surface area contributed by atoms with Crippen molar-refractivity contribution in [2.24, 2.45) is 0 Å². The van der Waals surface area contributed by atoms with Gasteiger partial charge in [-0.25, -0.2) is 9.59 Å². The first-order valence-corrected chi connectivity index (χ1v) is 5.84. The molecule has 6 nitrogen and oxygen atoms in total. The largest absolute Gasteiger partial charge is 0.462 e. The van der Waals surface area contributed by atoms with Crippen LogP contribution in [0.25, 0.3) is 0 Å². The number of hydrogen-bond acceptors (Lipinski definition) is 5. The van der Waals surface area contributed by atoms with E-state index in [1.165, 1.54) is 4.90 Å². The maximum Gasteiger partial charge on any atom is 0.410 e. The lowest BCUT2D eigenvalue weighted by atomic mass is 10.1. The molecule has 1 heterocycles. The second-order valence-corrected chi connectivity index (χ2v) is 3.68. The van der Waals surface area contributed by atoms with E-state index in [2.05, 4.69) is 0 Å². The van der Waals surface area contributed by atoms with Crippen molar-refractivity contribution in [2.75, 3.05) is 26.3 Å². The highest BCUT2D eigenvalue weighted by Gasteiger charge is 2.27. The molecule has 0 N–H and O–H groups in total. The van der Waals surface area contributed by atoms with Gasteiger partial charge in [-0.15, -0.1) is 0 Å². The smallest absolute Gasteiger partial charge is 0.410 e. The van der Waals surface area contributed by atoms with Crippen LogP contribution in [0.15, 0.2) is 11.1 Å². The summed E-state index contributed by atoms with van der Waals surface area (Å²) in [7, 11) is 0. The molecule has 1 fully saturated rings. The third-order valence-electron chi connectivity index (χ3n) is 2.54. The molecule has 0 aromatic rings. The number of hydrogen-bond donors (Lipinski definition) is 0. The lowest BCUT2D eigenvalue weighted by molar-refractivity contribution is -0.138. The predicted octanol–water partition coefficient (Wildman–Crippen LogP) is 1.23. The fourth-order valence-corrected chi connectivity index (χ4v) is 1.71. The van der Waals surface area contributed by atoms with Crippen molar-refractivity contribution in [3.8, 4) is 6.07 Å². The van der Waals surface area contributed by atoms with E-state index >= 15 is 0 Å². The molecule has 98 valence electrons. The van der Waals surface area contributed by atoms with Crippen molar-refractivity contribution in [1.29, 1.82) is 5.26 Å². The van der Waals surface area contributed by atoms with Crippen LogP contribution in [0.5, 0.6) is 0 Å². The summed E-state index contributed by atoms with van der Waals surface area (Å²) in [6, 6.07) is 1.85.